The SMILES string of the molecule is Cc1nc(NC(=O)[C@H](C)N2CCCC[C@H]2Cn2cncn2)sc1C. The van der Waals surface area contributed by atoms with Crippen molar-refractivity contribution < 1.29 is 4.79 Å². The van der Waals surface area contributed by atoms with Gasteiger partial charge in [0.1, 0.15) is 12.7 Å². The van der Waals surface area contributed by atoms with Crippen molar-refractivity contribution in [1.82, 2.24) is 24.6 Å². The Labute approximate surface area is 146 Å². The number of carbonyl (C=O) groups is 1. The van der Waals surface area contributed by atoms with Crippen molar-refractivity contribution in [3.63, 3.8) is 0 Å². The van der Waals surface area contributed by atoms with E-state index in [1.165, 1.54) is 17.8 Å². The van der Waals surface area contributed by atoms with Crippen LogP contribution in [-0.2, 0) is 11.3 Å². The lowest BCUT2D eigenvalue weighted by molar-refractivity contribution is -0.122. The van der Waals surface area contributed by atoms with Gasteiger partial charge in [-0.15, -0.1) is 11.3 Å². The summed E-state index contributed by atoms with van der Waals surface area (Å²) in [6.07, 6.45) is 6.68. The van der Waals surface area contributed by atoms with Crippen molar-refractivity contribution in [2.45, 2.75) is 58.7 Å². The number of rotatable bonds is 5. The van der Waals surface area contributed by atoms with Crippen LogP contribution in [0.5, 0.6) is 0 Å². The molecule has 7 nitrogen and oxygen atoms in total. The monoisotopic (exact) mass is 348 g/mol. The number of likely N-dealkylation sites (tertiary alicyclic amines) is 1. The predicted octanol–water partition coefficient (Wildman–Crippen LogP) is 2.23. The molecule has 0 radical (unpaired) electrons. The van der Waals surface area contributed by atoms with Crippen LogP contribution in [0.1, 0.15) is 36.8 Å². The molecule has 0 bridgehead atoms. The predicted molar refractivity (Wildman–Crippen MR) is 94.0 cm³/mol. The van der Waals surface area contributed by atoms with Crippen LogP contribution in [0.4, 0.5) is 5.13 Å². The molecule has 24 heavy (non-hydrogen) atoms. The number of aryl methyl sites for hydroxylation is 2. The second-order valence-electron chi connectivity index (χ2n) is 6.33. The quantitative estimate of drug-likeness (QED) is 0.897. The zero-order valence-corrected chi connectivity index (χ0v) is 15.2. The van der Waals surface area contributed by atoms with Crippen LogP contribution >= 0.6 is 11.3 Å². The highest BCUT2D eigenvalue weighted by atomic mass is 32.1. The van der Waals surface area contributed by atoms with Crippen LogP contribution < -0.4 is 5.32 Å². The van der Waals surface area contributed by atoms with Gasteiger partial charge in [-0.25, -0.2) is 9.97 Å². The molecular weight excluding hydrogens is 324 g/mol. The molecule has 2 atom stereocenters. The Kier molecular flexibility index (Phi) is 5.25. The molecular formula is C16H24N6OS. The fraction of sp³-hybridized carbons (Fsp3) is 0.625. The molecule has 8 heteroatoms. The highest BCUT2D eigenvalue weighted by Crippen LogP contribution is 2.24. The Morgan fingerprint density at radius 2 is 2.29 bits per heavy atom. The average Bonchev–Trinajstić information content (AvgIpc) is 3.17. The van der Waals surface area contributed by atoms with Gasteiger partial charge in [-0.05, 0) is 40.2 Å². The maximum Gasteiger partial charge on any atom is 0.243 e. The molecule has 0 aliphatic carbocycles. The Morgan fingerprint density at radius 3 is 2.96 bits per heavy atom. The fourth-order valence-corrected chi connectivity index (χ4v) is 3.98. The topological polar surface area (TPSA) is 75.9 Å². The molecule has 130 valence electrons. The second-order valence-corrected chi connectivity index (χ2v) is 7.53. The number of hydrogen-bond acceptors (Lipinski definition) is 6. The number of hydrogen-bond donors (Lipinski definition) is 1. The third-order valence-corrected chi connectivity index (χ3v) is 5.66. The minimum atomic E-state index is -0.191. The smallest absolute Gasteiger partial charge is 0.243 e. The minimum Gasteiger partial charge on any atom is -0.301 e. The van der Waals surface area contributed by atoms with Gasteiger partial charge in [-0.3, -0.25) is 14.4 Å². The van der Waals surface area contributed by atoms with Crippen LogP contribution in [0.25, 0.3) is 0 Å². The molecule has 3 heterocycles. The van der Waals surface area contributed by atoms with Gasteiger partial charge in [0.05, 0.1) is 18.3 Å². The summed E-state index contributed by atoms with van der Waals surface area (Å²) < 4.78 is 1.85. The summed E-state index contributed by atoms with van der Waals surface area (Å²) in [6.45, 7) is 7.66. The Hall–Kier alpha value is -1.80. The van der Waals surface area contributed by atoms with E-state index in [0.29, 0.717) is 11.2 Å². The fourth-order valence-electron chi connectivity index (χ4n) is 3.16. The third kappa shape index (κ3) is 3.81. The van der Waals surface area contributed by atoms with Crippen molar-refractivity contribution in [3.05, 3.63) is 23.2 Å². The Bertz CT molecular complexity index is 663. The van der Waals surface area contributed by atoms with Crippen molar-refractivity contribution >= 4 is 22.4 Å². The molecule has 3 rings (SSSR count). The molecule has 2 aromatic rings. The van der Waals surface area contributed by atoms with E-state index in [4.69, 9.17) is 0 Å². The first-order valence-electron chi connectivity index (χ1n) is 8.37. The zero-order valence-electron chi connectivity index (χ0n) is 14.4. The number of nitrogens with one attached hydrogen (secondary N) is 1. The molecule has 1 amide bonds. The van der Waals surface area contributed by atoms with E-state index in [-0.39, 0.29) is 11.9 Å². The first kappa shape index (κ1) is 17.0. The number of anilines is 1. The number of nitrogens with zero attached hydrogens (tertiary/aromatic N) is 5. The maximum absolute atomic E-state index is 12.7. The van der Waals surface area contributed by atoms with Gasteiger partial charge >= 0.3 is 0 Å². The molecule has 1 aliphatic heterocycles. The molecule has 0 saturated carbocycles. The van der Waals surface area contributed by atoms with Gasteiger partial charge in [0.2, 0.25) is 5.91 Å². The van der Waals surface area contributed by atoms with Gasteiger partial charge in [0.15, 0.2) is 5.13 Å². The molecule has 0 spiro atoms. The lowest BCUT2D eigenvalue weighted by atomic mass is 10.00. The lowest BCUT2D eigenvalue weighted by Gasteiger charge is -2.38. The number of piperidine rings is 1. The van der Waals surface area contributed by atoms with Gasteiger partial charge < -0.3 is 5.32 Å². The molecule has 1 N–H and O–H groups in total. The van der Waals surface area contributed by atoms with E-state index in [2.05, 4.69) is 25.3 Å². The summed E-state index contributed by atoms with van der Waals surface area (Å²) in [5.41, 5.74) is 0.977. The summed E-state index contributed by atoms with van der Waals surface area (Å²) >= 11 is 1.53. The summed E-state index contributed by atoms with van der Waals surface area (Å²) in [7, 11) is 0. The summed E-state index contributed by atoms with van der Waals surface area (Å²) in [5, 5.41) is 7.86. The van der Waals surface area contributed by atoms with E-state index in [0.717, 1.165) is 36.5 Å². The standard InChI is InChI=1S/C16H24N6OS/c1-11-13(3)24-16(19-11)20-15(23)12(2)22-7-5-4-6-14(22)8-21-10-17-9-18-21/h9-10,12,14H,4-8H2,1-3H3,(H,19,20,23)/t12-,14-/m0/s1. The number of aromatic nitrogens is 4. The molecule has 1 aliphatic rings. The summed E-state index contributed by atoms with van der Waals surface area (Å²) in [4.78, 5) is 24.5. The molecule has 1 saturated heterocycles. The zero-order chi connectivity index (χ0) is 17.1. The first-order chi connectivity index (χ1) is 11.5. The second kappa shape index (κ2) is 7.40. The lowest BCUT2D eigenvalue weighted by Crippen LogP contribution is -2.51. The van der Waals surface area contributed by atoms with Crippen molar-refractivity contribution in [2.75, 3.05) is 11.9 Å². The molecule has 0 aromatic carbocycles. The van der Waals surface area contributed by atoms with Gasteiger partial charge in [0.25, 0.3) is 0 Å². The number of thiazole rings is 1. The van der Waals surface area contributed by atoms with E-state index in [1.54, 1.807) is 12.7 Å². The maximum atomic E-state index is 12.7. The van der Waals surface area contributed by atoms with Crippen LogP contribution in [-0.4, -0.2) is 49.2 Å². The summed E-state index contributed by atoms with van der Waals surface area (Å²) in [6, 6.07) is 0.115. The van der Waals surface area contributed by atoms with Gasteiger partial charge in [-0.2, -0.15) is 5.10 Å². The van der Waals surface area contributed by atoms with Crippen molar-refractivity contribution in [3.8, 4) is 0 Å². The molecule has 1 fully saturated rings. The molecule has 0 unspecified atom stereocenters. The van der Waals surface area contributed by atoms with E-state index < -0.39 is 0 Å². The average molecular weight is 348 g/mol. The highest BCUT2D eigenvalue weighted by Gasteiger charge is 2.31. The van der Waals surface area contributed by atoms with E-state index in [1.807, 2.05) is 25.5 Å². The van der Waals surface area contributed by atoms with Gasteiger partial charge in [0, 0.05) is 10.9 Å². The normalized spacial score (nSPS) is 20.0. The molecule has 2 aromatic heterocycles. The number of amides is 1. The van der Waals surface area contributed by atoms with Crippen LogP contribution in [0, 0.1) is 13.8 Å². The summed E-state index contributed by atoms with van der Waals surface area (Å²) in [5.74, 6) is 0.00856. The third-order valence-electron chi connectivity index (χ3n) is 4.67. The largest absolute Gasteiger partial charge is 0.301 e. The first-order valence-corrected chi connectivity index (χ1v) is 9.19. The van der Waals surface area contributed by atoms with Crippen LogP contribution in [0.15, 0.2) is 12.7 Å². The Morgan fingerprint density at radius 1 is 1.46 bits per heavy atom. The van der Waals surface area contributed by atoms with Crippen molar-refractivity contribution in [1.29, 1.82) is 0 Å². The van der Waals surface area contributed by atoms with Gasteiger partial charge in [-0.1, -0.05) is 6.42 Å². The minimum absolute atomic E-state index is 0.00856. The highest BCUT2D eigenvalue weighted by molar-refractivity contribution is 7.15. The van der Waals surface area contributed by atoms with E-state index in [9.17, 15) is 4.79 Å². The van der Waals surface area contributed by atoms with Crippen LogP contribution in [0.2, 0.25) is 0 Å². The number of carbonyl (C=O) groups excluding carboxylic acids is 1. The van der Waals surface area contributed by atoms with Crippen molar-refractivity contribution in [2.24, 2.45) is 0 Å². The Balaban J connectivity index is 1.66. The van der Waals surface area contributed by atoms with Crippen LogP contribution in [0.3, 0.4) is 0 Å². The van der Waals surface area contributed by atoms with E-state index >= 15 is 0 Å².